The van der Waals surface area contributed by atoms with E-state index in [0.29, 0.717) is 17.9 Å². The van der Waals surface area contributed by atoms with Gasteiger partial charge < -0.3 is 14.6 Å². The zero-order chi connectivity index (χ0) is 14.0. The van der Waals surface area contributed by atoms with Crippen molar-refractivity contribution < 1.29 is 19.4 Å². The van der Waals surface area contributed by atoms with E-state index in [9.17, 15) is 4.79 Å². The van der Waals surface area contributed by atoms with Crippen molar-refractivity contribution in [1.82, 2.24) is 4.98 Å². The number of carboxylic acids is 1. The quantitative estimate of drug-likeness (QED) is 0.915. The molecular weight excluding hydrogens is 246 g/mol. The third-order valence-electron chi connectivity index (χ3n) is 2.97. The van der Waals surface area contributed by atoms with Crippen LogP contribution in [0.2, 0.25) is 0 Å². The Balaban J connectivity index is 2.78. The van der Waals surface area contributed by atoms with Crippen molar-refractivity contribution in [3.63, 3.8) is 0 Å². The summed E-state index contributed by atoms with van der Waals surface area (Å²) in [6.07, 6.45) is 0.646. The number of ether oxygens (including phenoxy) is 2. The highest BCUT2D eigenvalue weighted by atomic mass is 16.5. The summed E-state index contributed by atoms with van der Waals surface area (Å²) in [5, 5.41) is 10.7. The van der Waals surface area contributed by atoms with Crippen LogP contribution in [0.3, 0.4) is 0 Å². The van der Waals surface area contributed by atoms with E-state index in [1.165, 1.54) is 0 Å². The van der Waals surface area contributed by atoms with Gasteiger partial charge in [0, 0.05) is 11.1 Å². The summed E-state index contributed by atoms with van der Waals surface area (Å²) < 4.78 is 10.5. The Labute approximate surface area is 110 Å². The largest absolute Gasteiger partial charge is 0.493 e. The highest BCUT2D eigenvalue weighted by molar-refractivity contribution is 5.94. The summed E-state index contributed by atoms with van der Waals surface area (Å²) in [5.74, 6) is 0.139. The van der Waals surface area contributed by atoms with Gasteiger partial charge in [0.05, 0.1) is 14.2 Å². The van der Waals surface area contributed by atoms with Gasteiger partial charge in [-0.15, -0.1) is 0 Å². The van der Waals surface area contributed by atoms with Crippen LogP contribution in [-0.2, 0) is 6.42 Å². The van der Waals surface area contributed by atoms with E-state index in [2.05, 4.69) is 4.98 Å². The molecule has 100 valence electrons. The smallest absolute Gasteiger partial charge is 0.354 e. The average Bonchev–Trinajstić information content (AvgIpc) is 2.44. The molecule has 1 aromatic heterocycles. The van der Waals surface area contributed by atoms with Gasteiger partial charge in [-0.05, 0) is 30.0 Å². The average molecular weight is 261 g/mol. The number of aromatic carboxylic acids is 1. The molecule has 19 heavy (non-hydrogen) atoms. The van der Waals surface area contributed by atoms with Crippen molar-refractivity contribution in [3.8, 4) is 11.5 Å². The SMILES string of the molecule is CCc1nc(C(=O)O)cc2cc(OC)c(OC)cc12. The van der Waals surface area contributed by atoms with Crippen LogP contribution in [-0.4, -0.2) is 30.3 Å². The number of methoxy groups -OCH3 is 2. The fraction of sp³-hybridized carbons (Fsp3) is 0.286. The second-order valence-corrected chi connectivity index (χ2v) is 4.04. The van der Waals surface area contributed by atoms with E-state index in [1.54, 1.807) is 26.4 Å². The number of aromatic nitrogens is 1. The van der Waals surface area contributed by atoms with Crippen molar-refractivity contribution in [2.24, 2.45) is 0 Å². The van der Waals surface area contributed by atoms with E-state index in [-0.39, 0.29) is 5.69 Å². The molecule has 0 bridgehead atoms. The van der Waals surface area contributed by atoms with Crippen molar-refractivity contribution >= 4 is 16.7 Å². The summed E-state index contributed by atoms with van der Waals surface area (Å²) in [5.41, 5.74) is 0.771. The molecule has 0 fully saturated rings. The minimum atomic E-state index is -1.04. The fourth-order valence-corrected chi connectivity index (χ4v) is 2.03. The predicted octanol–water partition coefficient (Wildman–Crippen LogP) is 2.51. The van der Waals surface area contributed by atoms with E-state index >= 15 is 0 Å². The number of fused-ring (bicyclic) bond motifs is 1. The third kappa shape index (κ3) is 2.31. The Hall–Kier alpha value is -2.30. The first-order valence-electron chi connectivity index (χ1n) is 5.89. The predicted molar refractivity (Wildman–Crippen MR) is 71.2 cm³/mol. The Kier molecular flexibility index (Phi) is 3.55. The molecule has 0 aliphatic rings. The Morgan fingerprint density at radius 2 is 1.84 bits per heavy atom. The van der Waals surface area contributed by atoms with Crippen molar-refractivity contribution in [2.75, 3.05) is 14.2 Å². The lowest BCUT2D eigenvalue weighted by Gasteiger charge is -2.11. The molecule has 5 nitrogen and oxygen atoms in total. The van der Waals surface area contributed by atoms with Crippen LogP contribution in [0.25, 0.3) is 10.8 Å². The number of rotatable bonds is 4. The standard InChI is InChI=1S/C14H15NO4/c1-4-10-9-7-13(19-3)12(18-2)6-8(9)5-11(15-10)14(16)17/h5-7H,4H2,1-3H3,(H,16,17). The first-order chi connectivity index (χ1) is 9.10. The van der Waals surface area contributed by atoms with E-state index in [0.717, 1.165) is 16.5 Å². The molecule has 0 radical (unpaired) electrons. The van der Waals surface area contributed by atoms with Crippen LogP contribution in [0, 0.1) is 0 Å². The first-order valence-corrected chi connectivity index (χ1v) is 5.89. The van der Waals surface area contributed by atoms with Gasteiger partial charge in [-0.2, -0.15) is 0 Å². The van der Waals surface area contributed by atoms with Gasteiger partial charge >= 0.3 is 5.97 Å². The van der Waals surface area contributed by atoms with Gasteiger partial charge in [-0.25, -0.2) is 9.78 Å². The van der Waals surface area contributed by atoms with Gasteiger partial charge in [0.1, 0.15) is 5.69 Å². The molecule has 0 atom stereocenters. The van der Waals surface area contributed by atoms with Crippen LogP contribution in [0.15, 0.2) is 18.2 Å². The molecule has 1 aromatic carbocycles. The van der Waals surface area contributed by atoms with Crippen LogP contribution in [0.1, 0.15) is 23.1 Å². The molecule has 2 rings (SSSR count). The molecule has 0 saturated carbocycles. The van der Waals surface area contributed by atoms with Gasteiger partial charge in [0.2, 0.25) is 0 Å². The summed E-state index contributed by atoms with van der Waals surface area (Å²) in [4.78, 5) is 15.2. The van der Waals surface area contributed by atoms with Gasteiger partial charge in [-0.3, -0.25) is 0 Å². The fourth-order valence-electron chi connectivity index (χ4n) is 2.03. The zero-order valence-corrected chi connectivity index (χ0v) is 11.1. The first kappa shape index (κ1) is 13.1. The molecular formula is C14H15NO4. The normalized spacial score (nSPS) is 10.5. The molecule has 0 aliphatic heterocycles. The summed E-state index contributed by atoms with van der Waals surface area (Å²) in [6.45, 7) is 1.93. The zero-order valence-electron chi connectivity index (χ0n) is 11.1. The number of carbonyl (C=O) groups is 1. The molecule has 1 N–H and O–H groups in total. The molecule has 1 heterocycles. The molecule has 0 aliphatic carbocycles. The van der Waals surface area contributed by atoms with E-state index < -0.39 is 5.97 Å². The highest BCUT2D eigenvalue weighted by Gasteiger charge is 2.13. The Morgan fingerprint density at radius 3 is 2.37 bits per heavy atom. The lowest BCUT2D eigenvalue weighted by atomic mass is 10.1. The minimum absolute atomic E-state index is 0.0385. The maximum absolute atomic E-state index is 11.1. The summed E-state index contributed by atoms with van der Waals surface area (Å²) >= 11 is 0. The number of hydrogen-bond acceptors (Lipinski definition) is 4. The summed E-state index contributed by atoms with van der Waals surface area (Å²) in [6, 6.07) is 5.13. The topological polar surface area (TPSA) is 68.7 Å². The van der Waals surface area contributed by atoms with Crippen LogP contribution < -0.4 is 9.47 Å². The van der Waals surface area contributed by atoms with Crippen LogP contribution in [0.5, 0.6) is 11.5 Å². The number of pyridine rings is 1. The Bertz CT molecular complexity index is 637. The van der Waals surface area contributed by atoms with Crippen LogP contribution >= 0.6 is 0 Å². The van der Waals surface area contributed by atoms with Crippen molar-refractivity contribution in [3.05, 3.63) is 29.6 Å². The molecule has 0 saturated heterocycles. The van der Waals surface area contributed by atoms with Crippen LogP contribution in [0.4, 0.5) is 0 Å². The van der Waals surface area contributed by atoms with E-state index in [1.807, 2.05) is 13.0 Å². The van der Waals surface area contributed by atoms with E-state index in [4.69, 9.17) is 14.6 Å². The van der Waals surface area contributed by atoms with Gasteiger partial charge in [0.15, 0.2) is 11.5 Å². The third-order valence-corrected chi connectivity index (χ3v) is 2.97. The molecule has 0 spiro atoms. The van der Waals surface area contributed by atoms with Gasteiger partial charge in [-0.1, -0.05) is 6.92 Å². The van der Waals surface area contributed by atoms with Crippen molar-refractivity contribution in [2.45, 2.75) is 13.3 Å². The number of nitrogens with zero attached hydrogens (tertiary/aromatic N) is 1. The highest BCUT2D eigenvalue weighted by Crippen LogP contribution is 2.33. The number of hydrogen-bond donors (Lipinski definition) is 1. The lowest BCUT2D eigenvalue weighted by molar-refractivity contribution is 0.0690. The Morgan fingerprint density at radius 1 is 1.21 bits per heavy atom. The second kappa shape index (κ2) is 5.14. The number of aryl methyl sites for hydroxylation is 1. The van der Waals surface area contributed by atoms with Crippen molar-refractivity contribution in [1.29, 1.82) is 0 Å². The maximum Gasteiger partial charge on any atom is 0.354 e. The molecule has 2 aromatic rings. The lowest BCUT2D eigenvalue weighted by Crippen LogP contribution is -2.03. The van der Waals surface area contributed by atoms with Gasteiger partial charge in [0.25, 0.3) is 0 Å². The molecule has 0 amide bonds. The second-order valence-electron chi connectivity index (χ2n) is 4.04. The number of carboxylic acid groups (broad SMARTS) is 1. The summed E-state index contributed by atoms with van der Waals surface area (Å²) in [7, 11) is 3.11. The maximum atomic E-state index is 11.1. The monoisotopic (exact) mass is 261 g/mol. The molecule has 0 unspecified atom stereocenters. The number of benzene rings is 1. The minimum Gasteiger partial charge on any atom is -0.493 e. The molecule has 5 heteroatoms.